The average Bonchev–Trinajstić information content (AvgIpc) is 2.39. The molecular formula is C15H24N2O2. The number of hydrogen-bond donors (Lipinski definition) is 2. The van der Waals surface area contributed by atoms with Crippen LogP contribution < -0.4 is 15.8 Å². The third kappa shape index (κ3) is 5.75. The summed E-state index contributed by atoms with van der Waals surface area (Å²) in [6.07, 6.45) is 0.783. The van der Waals surface area contributed by atoms with Gasteiger partial charge in [0.05, 0.1) is 6.61 Å². The highest BCUT2D eigenvalue weighted by Crippen LogP contribution is 2.11. The Kier molecular flexibility index (Phi) is 6.36. The normalized spacial score (nSPS) is 13.7. The third-order valence-electron chi connectivity index (χ3n) is 3.11. The molecule has 2 atom stereocenters. The van der Waals surface area contributed by atoms with Crippen molar-refractivity contribution in [1.82, 2.24) is 5.32 Å². The number of aryl methyl sites for hydroxylation is 1. The van der Waals surface area contributed by atoms with Gasteiger partial charge in [0.1, 0.15) is 5.75 Å². The predicted octanol–water partition coefficient (Wildman–Crippen LogP) is 1.86. The van der Waals surface area contributed by atoms with E-state index >= 15 is 0 Å². The number of amides is 1. The molecule has 0 aliphatic heterocycles. The molecule has 0 bridgehead atoms. The Morgan fingerprint density at radius 1 is 1.32 bits per heavy atom. The number of carbonyl (C=O) groups excluding carboxylic acids is 1. The lowest BCUT2D eigenvalue weighted by molar-refractivity contribution is -0.124. The maximum absolute atomic E-state index is 11.6. The summed E-state index contributed by atoms with van der Waals surface area (Å²) in [4.78, 5) is 11.6. The molecule has 4 heteroatoms. The van der Waals surface area contributed by atoms with Gasteiger partial charge in [0.15, 0.2) is 0 Å². The van der Waals surface area contributed by atoms with Gasteiger partial charge in [0.2, 0.25) is 5.91 Å². The van der Waals surface area contributed by atoms with Crippen molar-refractivity contribution < 1.29 is 9.53 Å². The van der Waals surface area contributed by atoms with Gasteiger partial charge in [-0.2, -0.15) is 0 Å². The molecule has 0 fully saturated rings. The molecule has 0 aliphatic rings. The Morgan fingerprint density at radius 3 is 2.53 bits per heavy atom. The van der Waals surface area contributed by atoms with Crippen molar-refractivity contribution in [2.75, 3.05) is 13.2 Å². The van der Waals surface area contributed by atoms with Gasteiger partial charge in [-0.15, -0.1) is 0 Å². The summed E-state index contributed by atoms with van der Waals surface area (Å²) in [5.41, 5.74) is 6.88. The molecule has 0 spiro atoms. The molecule has 0 saturated carbocycles. The second kappa shape index (κ2) is 7.79. The van der Waals surface area contributed by atoms with Gasteiger partial charge in [-0.3, -0.25) is 4.79 Å². The molecule has 3 N–H and O–H groups in total. The van der Waals surface area contributed by atoms with Crippen molar-refractivity contribution in [3.63, 3.8) is 0 Å². The monoisotopic (exact) mass is 264 g/mol. The van der Waals surface area contributed by atoms with Crippen LogP contribution in [0.2, 0.25) is 0 Å². The molecule has 0 aromatic heterocycles. The van der Waals surface area contributed by atoms with Gasteiger partial charge in [-0.1, -0.05) is 24.6 Å². The first-order valence-corrected chi connectivity index (χ1v) is 6.73. The summed E-state index contributed by atoms with van der Waals surface area (Å²) in [6, 6.07) is 7.81. The van der Waals surface area contributed by atoms with E-state index in [1.165, 1.54) is 5.56 Å². The Labute approximate surface area is 115 Å². The number of carbonyl (C=O) groups is 1. The molecule has 0 radical (unpaired) electrons. The highest BCUT2D eigenvalue weighted by atomic mass is 16.5. The van der Waals surface area contributed by atoms with E-state index in [1.54, 1.807) is 0 Å². The zero-order valence-corrected chi connectivity index (χ0v) is 12.0. The van der Waals surface area contributed by atoms with Crippen LogP contribution in [0.25, 0.3) is 0 Å². The first-order chi connectivity index (χ1) is 9.00. The van der Waals surface area contributed by atoms with Crippen molar-refractivity contribution in [1.29, 1.82) is 0 Å². The summed E-state index contributed by atoms with van der Waals surface area (Å²) >= 11 is 0. The second-order valence-corrected chi connectivity index (χ2v) is 4.95. The number of ether oxygens (including phenoxy) is 1. The van der Waals surface area contributed by atoms with E-state index in [4.69, 9.17) is 10.5 Å². The number of hydrogen-bond acceptors (Lipinski definition) is 3. The largest absolute Gasteiger partial charge is 0.494 e. The standard InChI is InChI=1S/C15H24N2O2/c1-11-5-7-14(8-6-11)19-10-4-9-17-15(18)12(2)13(3)16/h5-8,12-13H,4,9-10,16H2,1-3H3,(H,17,18). The molecule has 1 aromatic carbocycles. The van der Waals surface area contributed by atoms with Crippen LogP contribution in [-0.4, -0.2) is 25.1 Å². The molecule has 4 nitrogen and oxygen atoms in total. The fourth-order valence-corrected chi connectivity index (χ4v) is 1.51. The van der Waals surface area contributed by atoms with E-state index in [9.17, 15) is 4.79 Å². The molecule has 0 aliphatic carbocycles. The van der Waals surface area contributed by atoms with Crippen molar-refractivity contribution in [3.05, 3.63) is 29.8 Å². The van der Waals surface area contributed by atoms with Gasteiger partial charge in [-0.05, 0) is 32.4 Å². The molecule has 19 heavy (non-hydrogen) atoms. The molecule has 1 amide bonds. The van der Waals surface area contributed by atoms with Crippen molar-refractivity contribution >= 4 is 5.91 Å². The van der Waals surface area contributed by atoms with E-state index < -0.39 is 0 Å². The van der Waals surface area contributed by atoms with Crippen LogP contribution in [0.1, 0.15) is 25.8 Å². The van der Waals surface area contributed by atoms with Crippen LogP contribution in [-0.2, 0) is 4.79 Å². The molecule has 2 unspecified atom stereocenters. The summed E-state index contributed by atoms with van der Waals surface area (Å²) in [5, 5.41) is 2.86. The summed E-state index contributed by atoms with van der Waals surface area (Å²) in [5.74, 6) is 0.712. The quantitative estimate of drug-likeness (QED) is 0.739. The summed E-state index contributed by atoms with van der Waals surface area (Å²) in [6.45, 7) is 6.92. The first kappa shape index (κ1) is 15.5. The molecular weight excluding hydrogens is 240 g/mol. The minimum Gasteiger partial charge on any atom is -0.494 e. The van der Waals surface area contributed by atoms with Crippen LogP contribution >= 0.6 is 0 Å². The van der Waals surface area contributed by atoms with E-state index in [0.29, 0.717) is 13.2 Å². The third-order valence-corrected chi connectivity index (χ3v) is 3.11. The minimum absolute atomic E-state index is 0.00494. The van der Waals surface area contributed by atoms with Crippen LogP contribution in [0.15, 0.2) is 24.3 Å². The van der Waals surface area contributed by atoms with Crippen molar-refractivity contribution in [3.8, 4) is 5.75 Å². The molecule has 0 saturated heterocycles. The Morgan fingerprint density at radius 2 is 1.95 bits per heavy atom. The highest BCUT2D eigenvalue weighted by Gasteiger charge is 2.15. The van der Waals surface area contributed by atoms with Crippen LogP contribution in [0, 0.1) is 12.8 Å². The Bertz CT molecular complexity index is 388. The van der Waals surface area contributed by atoms with Crippen LogP contribution in [0.4, 0.5) is 0 Å². The smallest absolute Gasteiger partial charge is 0.224 e. The van der Waals surface area contributed by atoms with Gasteiger partial charge in [0.25, 0.3) is 0 Å². The Hall–Kier alpha value is -1.55. The number of nitrogens with one attached hydrogen (secondary N) is 1. The zero-order valence-electron chi connectivity index (χ0n) is 12.0. The summed E-state index contributed by atoms with van der Waals surface area (Å²) < 4.78 is 5.57. The average molecular weight is 264 g/mol. The van der Waals surface area contributed by atoms with E-state index in [1.807, 2.05) is 45.0 Å². The number of rotatable bonds is 7. The van der Waals surface area contributed by atoms with Gasteiger partial charge < -0.3 is 15.8 Å². The van der Waals surface area contributed by atoms with Crippen LogP contribution in [0.3, 0.4) is 0 Å². The van der Waals surface area contributed by atoms with E-state index in [2.05, 4.69) is 5.32 Å². The van der Waals surface area contributed by atoms with Gasteiger partial charge >= 0.3 is 0 Å². The zero-order chi connectivity index (χ0) is 14.3. The lowest BCUT2D eigenvalue weighted by atomic mass is 10.0. The Balaban J connectivity index is 2.14. The lowest BCUT2D eigenvalue weighted by Crippen LogP contribution is -2.39. The van der Waals surface area contributed by atoms with Crippen molar-refractivity contribution in [2.24, 2.45) is 11.7 Å². The SMILES string of the molecule is Cc1ccc(OCCCNC(=O)C(C)C(C)N)cc1. The minimum atomic E-state index is -0.155. The number of benzene rings is 1. The number of nitrogens with two attached hydrogens (primary N) is 1. The molecule has 106 valence electrons. The second-order valence-electron chi connectivity index (χ2n) is 4.95. The predicted molar refractivity (Wildman–Crippen MR) is 77.1 cm³/mol. The topological polar surface area (TPSA) is 64.3 Å². The fourth-order valence-electron chi connectivity index (χ4n) is 1.51. The maximum atomic E-state index is 11.6. The van der Waals surface area contributed by atoms with Crippen molar-refractivity contribution in [2.45, 2.75) is 33.2 Å². The van der Waals surface area contributed by atoms with E-state index in [-0.39, 0.29) is 17.9 Å². The molecule has 1 aromatic rings. The first-order valence-electron chi connectivity index (χ1n) is 6.73. The van der Waals surface area contributed by atoms with E-state index in [0.717, 1.165) is 12.2 Å². The van der Waals surface area contributed by atoms with Crippen LogP contribution in [0.5, 0.6) is 5.75 Å². The molecule has 0 heterocycles. The van der Waals surface area contributed by atoms with Gasteiger partial charge in [-0.25, -0.2) is 0 Å². The van der Waals surface area contributed by atoms with Gasteiger partial charge in [0, 0.05) is 18.5 Å². The lowest BCUT2D eigenvalue weighted by Gasteiger charge is -2.15. The molecule has 1 rings (SSSR count). The maximum Gasteiger partial charge on any atom is 0.224 e. The highest BCUT2D eigenvalue weighted by molar-refractivity contribution is 5.78. The fraction of sp³-hybridized carbons (Fsp3) is 0.533. The summed E-state index contributed by atoms with van der Waals surface area (Å²) in [7, 11) is 0.